The predicted molar refractivity (Wildman–Crippen MR) is 112 cm³/mol. The summed E-state index contributed by atoms with van der Waals surface area (Å²) in [5.41, 5.74) is 7.82. The third kappa shape index (κ3) is 5.86. The fourth-order valence-electron chi connectivity index (χ4n) is 2.99. The number of thiazole rings is 1. The Morgan fingerprint density at radius 2 is 1.74 bits per heavy atom. The zero-order valence-electron chi connectivity index (χ0n) is 16.4. The third-order valence-electron chi connectivity index (χ3n) is 4.50. The summed E-state index contributed by atoms with van der Waals surface area (Å²) in [6, 6.07) is 8.93. The van der Waals surface area contributed by atoms with Gasteiger partial charge < -0.3 is 4.90 Å². The van der Waals surface area contributed by atoms with Gasteiger partial charge in [0.1, 0.15) is 0 Å². The van der Waals surface area contributed by atoms with Crippen LogP contribution in [0.3, 0.4) is 0 Å². The number of aryl methyl sites for hydroxylation is 1. The van der Waals surface area contributed by atoms with Crippen molar-refractivity contribution >= 4 is 17.3 Å². The van der Waals surface area contributed by atoms with E-state index in [1.54, 1.807) is 0 Å². The van der Waals surface area contributed by atoms with Crippen molar-refractivity contribution in [1.82, 2.24) is 15.0 Å². The number of aromatic nitrogens is 3. The van der Waals surface area contributed by atoms with Gasteiger partial charge in [-0.05, 0) is 35.4 Å². The minimum Gasteiger partial charge on any atom is -0.336 e. The van der Waals surface area contributed by atoms with Gasteiger partial charge in [0.15, 0.2) is 5.51 Å². The summed E-state index contributed by atoms with van der Waals surface area (Å²) in [5, 5.41) is 2.06. The number of rotatable bonds is 9. The Balaban J connectivity index is 1.73. The molecule has 3 rings (SSSR count). The summed E-state index contributed by atoms with van der Waals surface area (Å²) in [7, 11) is 0. The Bertz CT molecular complexity index is 795. The van der Waals surface area contributed by atoms with Crippen molar-refractivity contribution in [3.8, 4) is 0 Å². The highest BCUT2D eigenvalue weighted by molar-refractivity contribution is 7.07. The molecule has 141 valence electrons. The smallest absolute Gasteiger partial charge is 0.225 e. The van der Waals surface area contributed by atoms with Crippen LogP contribution in [0.4, 0.5) is 5.95 Å². The molecule has 0 aliphatic rings. The zero-order chi connectivity index (χ0) is 19.1. The quantitative estimate of drug-likeness (QED) is 0.538. The van der Waals surface area contributed by atoms with Gasteiger partial charge in [-0.25, -0.2) is 15.0 Å². The molecule has 5 heteroatoms. The van der Waals surface area contributed by atoms with Crippen LogP contribution in [0.2, 0.25) is 0 Å². The number of anilines is 1. The molecule has 1 radical (unpaired) electrons. The normalized spacial score (nSPS) is 11.1. The van der Waals surface area contributed by atoms with Crippen LogP contribution in [0.5, 0.6) is 0 Å². The molecule has 0 spiro atoms. The Morgan fingerprint density at radius 3 is 2.33 bits per heavy atom. The first-order chi connectivity index (χ1) is 13.1. The molecule has 0 aliphatic heterocycles. The highest BCUT2D eigenvalue weighted by Gasteiger charge is 2.12. The molecule has 0 atom stereocenters. The minimum atomic E-state index is 0.674. The fraction of sp³-hybridized carbons (Fsp3) is 0.409. The molecule has 0 N–H and O–H groups in total. The zero-order valence-corrected chi connectivity index (χ0v) is 17.2. The van der Waals surface area contributed by atoms with E-state index in [-0.39, 0.29) is 0 Å². The van der Waals surface area contributed by atoms with E-state index >= 15 is 0 Å². The van der Waals surface area contributed by atoms with Crippen molar-refractivity contribution < 1.29 is 0 Å². The summed E-state index contributed by atoms with van der Waals surface area (Å²) >= 11 is 1.52. The van der Waals surface area contributed by atoms with Crippen molar-refractivity contribution in [3.05, 3.63) is 69.9 Å². The highest BCUT2D eigenvalue weighted by Crippen LogP contribution is 2.16. The van der Waals surface area contributed by atoms with Crippen LogP contribution >= 0.6 is 11.3 Å². The van der Waals surface area contributed by atoms with E-state index in [1.807, 2.05) is 12.4 Å². The first kappa shape index (κ1) is 19.5. The van der Waals surface area contributed by atoms with E-state index in [4.69, 9.17) is 0 Å². The lowest BCUT2D eigenvalue weighted by atomic mass is 10.0. The molecule has 0 saturated heterocycles. The lowest BCUT2D eigenvalue weighted by Gasteiger charge is -2.22. The molecule has 1 aromatic carbocycles. The largest absolute Gasteiger partial charge is 0.336 e. The molecule has 0 amide bonds. The maximum atomic E-state index is 4.59. The Hall–Kier alpha value is -2.27. The van der Waals surface area contributed by atoms with Gasteiger partial charge in [0, 0.05) is 37.3 Å². The molecule has 3 aromatic rings. The van der Waals surface area contributed by atoms with Gasteiger partial charge in [-0.2, -0.15) is 0 Å². The summed E-state index contributed by atoms with van der Waals surface area (Å²) < 4.78 is 0. The first-order valence-corrected chi connectivity index (χ1v) is 10.5. The molecule has 2 heterocycles. The summed E-state index contributed by atoms with van der Waals surface area (Å²) in [6.45, 7) is 8.25. The lowest BCUT2D eigenvalue weighted by Crippen LogP contribution is -2.27. The topological polar surface area (TPSA) is 41.9 Å². The van der Waals surface area contributed by atoms with Gasteiger partial charge in [0.05, 0.1) is 5.69 Å². The molecule has 27 heavy (non-hydrogen) atoms. The standard InChI is InChI=1S/C22H27N4S/c1-4-18-12-23-22(24-13-18)26(10-9-21-15-27-16-25-21)14-20-7-5-19(6-8-20)11-17(2)3/h5-8,12-13,15,17H,4,9-11,14H2,1-3H3. The van der Waals surface area contributed by atoms with Crippen LogP contribution in [-0.4, -0.2) is 21.5 Å². The van der Waals surface area contributed by atoms with Crippen LogP contribution in [0.1, 0.15) is 43.2 Å². The number of hydrogen-bond acceptors (Lipinski definition) is 5. The molecule has 0 bridgehead atoms. The Kier molecular flexibility index (Phi) is 6.93. The molecule has 2 aromatic heterocycles. The lowest BCUT2D eigenvalue weighted by molar-refractivity contribution is 0.647. The summed E-state index contributed by atoms with van der Waals surface area (Å²) in [6.07, 6.45) is 6.79. The van der Waals surface area contributed by atoms with E-state index in [2.05, 4.69) is 75.8 Å². The summed E-state index contributed by atoms with van der Waals surface area (Å²) in [5.74, 6) is 1.45. The first-order valence-electron chi connectivity index (χ1n) is 9.58. The molecular formula is C22H27N4S. The van der Waals surface area contributed by atoms with Gasteiger partial charge >= 0.3 is 0 Å². The van der Waals surface area contributed by atoms with Crippen LogP contribution in [0, 0.1) is 11.4 Å². The van der Waals surface area contributed by atoms with Crippen LogP contribution in [-0.2, 0) is 25.8 Å². The average molecular weight is 380 g/mol. The maximum absolute atomic E-state index is 4.59. The van der Waals surface area contributed by atoms with Crippen molar-refractivity contribution in [2.24, 2.45) is 5.92 Å². The maximum Gasteiger partial charge on any atom is 0.225 e. The highest BCUT2D eigenvalue weighted by atomic mass is 32.1. The van der Waals surface area contributed by atoms with Crippen LogP contribution in [0.15, 0.2) is 42.0 Å². The molecule has 0 aliphatic carbocycles. The molecule has 4 nitrogen and oxygen atoms in total. The van der Waals surface area contributed by atoms with Crippen molar-refractivity contribution in [2.75, 3.05) is 11.4 Å². The molecule has 0 fully saturated rings. The molecular weight excluding hydrogens is 352 g/mol. The molecule has 0 unspecified atom stereocenters. The second-order valence-corrected chi connectivity index (χ2v) is 7.91. The fourth-order valence-corrected chi connectivity index (χ4v) is 3.52. The average Bonchev–Trinajstić information content (AvgIpc) is 3.20. The monoisotopic (exact) mass is 379 g/mol. The molecule has 0 saturated carbocycles. The van der Waals surface area contributed by atoms with Crippen molar-refractivity contribution in [2.45, 2.75) is 46.6 Å². The van der Waals surface area contributed by atoms with Gasteiger partial charge in [-0.3, -0.25) is 0 Å². The second kappa shape index (κ2) is 9.60. The van der Waals surface area contributed by atoms with Gasteiger partial charge in [0.25, 0.3) is 0 Å². The Labute approximate surface area is 166 Å². The number of benzene rings is 1. The van der Waals surface area contributed by atoms with Gasteiger partial charge in [-0.1, -0.05) is 45.0 Å². The second-order valence-electron chi connectivity index (χ2n) is 7.26. The van der Waals surface area contributed by atoms with E-state index in [1.165, 1.54) is 22.5 Å². The third-order valence-corrected chi connectivity index (χ3v) is 5.08. The van der Waals surface area contributed by atoms with Crippen LogP contribution in [0.25, 0.3) is 0 Å². The number of nitrogens with zero attached hydrogens (tertiary/aromatic N) is 4. The van der Waals surface area contributed by atoms with Crippen molar-refractivity contribution in [3.63, 3.8) is 0 Å². The van der Waals surface area contributed by atoms with E-state index in [9.17, 15) is 0 Å². The van der Waals surface area contributed by atoms with Crippen LogP contribution < -0.4 is 4.90 Å². The predicted octanol–water partition coefficient (Wildman–Crippen LogP) is 4.74. The summed E-state index contributed by atoms with van der Waals surface area (Å²) in [4.78, 5) is 15.7. The Morgan fingerprint density at radius 1 is 1.04 bits per heavy atom. The van der Waals surface area contributed by atoms with E-state index in [0.29, 0.717) is 5.92 Å². The van der Waals surface area contributed by atoms with E-state index in [0.717, 1.165) is 49.6 Å². The SMILES string of the molecule is CCc1cnc(N(CCc2cs[c]n2)Cc2ccc(CC(C)C)cc2)nc1. The number of hydrogen-bond donors (Lipinski definition) is 0. The van der Waals surface area contributed by atoms with Gasteiger partial charge in [-0.15, -0.1) is 11.3 Å². The van der Waals surface area contributed by atoms with Crippen molar-refractivity contribution in [1.29, 1.82) is 0 Å². The minimum absolute atomic E-state index is 0.674. The van der Waals surface area contributed by atoms with E-state index < -0.39 is 0 Å². The van der Waals surface area contributed by atoms with Gasteiger partial charge in [0.2, 0.25) is 5.95 Å².